The zero-order chi connectivity index (χ0) is 22.8. The molecule has 33 heavy (non-hydrogen) atoms. The molecule has 1 aliphatic carbocycles. The topological polar surface area (TPSA) is 87.9 Å². The van der Waals surface area contributed by atoms with Crippen molar-refractivity contribution in [2.24, 2.45) is 5.92 Å². The van der Waals surface area contributed by atoms with E-state index in [0.717, 1.165) is 31.5 Å². The summed E-state index contributed by atoms with van der Waals surface area (Å²) in [6, 6.07) is 11.5. The van der Waals surface area contributed by atoms with Crippen LogP contribution in [0.2, 0.25) is 0 Å². The van der Waals surface area contributed by atoms with Gasteiger partial charge in [-0.3, -0.25) is 14.6 Å². The first-order valence-corrected chi connectivity index (χ1v) is 11.7. The van der Waals surface area contributed by atoms with Gasteiger partial charge in [-0.2, -0.15) is 0 Å². The molecule has 1 amide bonds. The Labute approximate surface area is 193 Å². The van der Waals surface area contributed by atoms with Crippen LogP contribution in [-0.4, -0.2) is 65.7 Å². The maximum Gasteiger partial charge on any atom is 0.331 e. The summed E-state index contributed by atoms with van der Waals surface area (Å²) in [5.41, 5.74) is 1.36. The second kappa shape index (κ2) is 9.11. The SMILES string of the molecule is C[C@](C(=O)O[C@H]1CN(CC(=O)Nc2ccon2)CC2=CC21)(c1ccccc1)N1CCCCC1. The lowest BCUT2D eigenvalue weighted by Gasteiger charge is -2.43. The summed E-state index contributed by atoms with van der Waals surface area (Å²) in [4.78, 5) is 30.4. The van der Waals surface area contributed by atoms with Crippen LogP contribution in [0.1, 0.15) is 31.7 Å². The fourth-order valence-electron chi connectivity index (χ4n) is 5.06. The Kier molecular flexibility index (Phi) is 6.03. The Morgan fingerprint density at radius 2 is 1.97 bits per heavy atom. The van der Waals surface area contributed by atoms with Crippen molar-refractivity contribution in [1.29, 1.82) is 0 Å². The van der Waals surface area contributed by atoms with Crippen LogP contribution < -0.4 is 5.32 Å². The third-order valence-corrected chi connectivity index (χ3v) is 7.01. The van der Waals surface area contributed by atoms with Crippen molar-refractivity contribution >= 4 is 17.7 Å². The number of rotatable bonds is 7. The minimum absolute atomic E-state index is 0.170. The van der Waals surface area contributed by atoms with E-state index < -0.39 is 5.54 Å². The third kappa shape index (κ3) is 4.58. The maximum absolute atomic E-state index is 13.7. The van der Waals surface area contributed by atoms with Crippen LogP contribution >= 0.6 is 0 Å². The van der Waals surface area contributed by atoms with E-state index in [4.69, 9.17) is 9.26 Å². The molecule has 0 radical (unpaired) electrons. The molecule has 2 aromatic rings. The number of anilines is 1. The lowest BCUT2D eigenvalue weighted by molar-refractivity contribution is -0.167. The minimum atomic E-state index is -0.830. The minimum Gasteiger partial charge on any atom is -0.458 e. The Morgan fingerprint density at radius 1 is 1.18 bits per heavy atom. The van der Waals surface area contributed by atoms with Crippen LogP contribution in [-0.2, 0) is 19.9 Å². The normalized spacial score (nSPS) is 24.8. The first-order valence-electron chi connectivity index (χ1n) is 11.7. The number of nitrogens with one attached hydrogen (secondary N) is 1. The standard InChI is InChI=1S/C25H30N4O4/c1-25(19-8-4-2-5-9-19,29-11-6-3-7-12-29)24(31)33-21-16-28(15-18-14-20(18)21)17-23(30)26-22-10-13-32-27-22/h2,4-5,8-10,13-14,20-21H,3,6-7,11-12,15-17H2,1H3,(H,26,27,30)/t20?,21-,25+/m0/s1. The second-order valence-corrected chi connectivity index (χ2v) is 9.30. The van der Waals surface area contributed by atoms with E-state index in [-0.39, 0.29) is 30.4 Å². The van der Waals surface area contributed by atoms with Gasteiger partial charge in [0, 0.05) is 25.1 Å². The van der Waals surface area contributed by atoms with Gasteiger partial charge in [-0.05, 0) is 44.0 Å². The summed E-state index contributed by atoms with van der Waals surface area (Å²) in [7, 11) is 0. The van der Waals surface area contributed by atoms with Gasteiger partial charge in [-0.1, -0.05) is 48.0 Å². The molecule has 3 heterocycles. The van der Waals surface area contributed by atoms with Crippen LogP contribution in [0, 0.1) is 5.92 Å². The number of hydrogen-bond donors (Lipinski definition) is 1. The fourth-order valence-corrected chi connectivity index (χ4v) is 5.06. The first-order chi connectivity index (χ1) is 16.0. The van der Waals surface area contributed by atoms with E-state index in [9.17, 15) is 9.59 Å². The van der Waals surface area contributed by atoms with Crippen molar-refractivity contribution in [2.75, 3.05) is 38.0 Å². The number of ether oxygens (including phenoxy) is 1. The lowest BCUT2D eigenvalue weighted by atomic mass is 9.88. The molecule has 0 saturated carbocycles. The maximum atomic E-state index is 13.7. The molecule has 5 rings (SSSR count). The van der Waals surface area contributed by atoms with E-state index in [0.29, 0.717) is 18.9 Å². The molecule has 8 nitrogen and oxygen atoms in total. The predicted molar refractivity (Wildman–Crippen MR) is 122 cm³/mol. The molecule has 3 atom stereocenters. The number of nitrogens with zero attached hydrogens (tertiary/aromatic N) is 3. The number of hydrogen-bond acceptors (Lipinski definition) is 7. The number of carbonyl (C=O) groups is 2. The third-order valence-electron chi connectivity index (χ3n) is 7.01. The zero-order valence-corrected chi connectivity index (χ0v) is 18.9. The van der Waals surface area contributed by atoms with E-state index in [2.05, 4.69) is 21.4 Å². The van der Waals surface area contributed by atoms with Gasteiger partial charge in [0.2, 0.25) is 5.91 Å². The lowest BCUT2D eigenvalue weighted by Crippen LogP contribution is -2.54. The summed E-state index contributed by atoms with van der Waals surface area (Å²) in [6.07, 6.45) is 6.64. The van der Waals surface area contributed by atoms with Crippen LogP contribution in [0.15, 0.2) is 58.8 Å². The molecule has 1 aromatic carbocycles. The first kappa shape index (κ1) is 21.9. The number of amides is 1. The molecule has 1 N–H and O–H groups in total. The number of esters is 1. The highest BCUT2D eigenvalue weighted by Gasteiger charge is 2.47. The van der Waals surface area contributed by atoms with Crippen molar-refractivity contribution < 1.29 is 18.8 Å². The highest BCUT2D eigenvalue weighted by molar-refractivity contribution is 5.91. The van der Waals surface area contributed by atoms with Gasteiger partial charge in [0.05, 0.1) is 6.54 Å². The Bertz CT molecular complexity index is 1020. The average molecular weight is 451 g/mol. The molecule has 174 valence electrons. The van der Waals surface area contributed by atoms with Gasteiger partial charge >= 0.3 is 5.97 Å². The largest absolute Gasteiger partial charge is 0.458 e. The quantitative estimate of drug-likeness (QED) is 0.513. The van der Waals surface area contributed by atoms with Crippen LogP contribution in [0.5, 0.6) is 0 Å². The van der Waals surface area contributed by atoms with E-state index in [1.165, 1.54) is 18.3 Å². The van der Waals surface area contributed by atoms with Crippen LogP contribution in [0.3, 0.4) is 0 Å². The number of likely N-dealkylation sites (tertiary alicyclic amines) is 2. The summed E-state index contributed by atoms with van der Waals surface area (Å²) >= 11 is 0. The van der Waals surface area contributed by atoms with Gasteiger partial charge < -0.3 is 14.6 Å². The Morgan fingerprint density at radius 3 is 2.70 bits per heavy atom. The van der Waals surface area contributed by atoms with E-state index in [1.807, 2.05) is 42.2 Å². The van der Waals surface area contributed by atoms with Crippen molar-refractivity contribution in [1.82, 2.24) is 15.0 Å². The molecule has 2 saturated heterocycles. The average Bonchev–Trinajstić information content (AvgIpc) is 3.45. The molecule has 2 aliphatic heterocycles. The van der Waals surface area contributed by atoms with Crippen LogP contribution in [0.4, 0.5) is 5.82 Å². The highest BCUT2D eigenvalue weighted by atomic mass is 16.5. The summed E-state index contributed by atoms with van der Waals surface area (Å²) in [5, 5.41) is 6.44. The summed E-state index contributed by atoms with van der Waals surface area (Å²) in [5.74, 6) is 0.194. The van der Waals surface area contributed by atoms with Gasteiger partial charge in [0.1, 0.15) is 17.9 Å². The molecular formula is C25H30N4O4. The number of carbonyl (C=O) groups excluding carboxylic acids is 2. The van der Waals surface area contributed by atoms with Crippen LogP contribution in [0.25, 0.3) is 0 Å². The Balaban J connectivity index is 1.27. The predicted octanol–water partition coefficient (Wildman–Crippen LogP) is 2.80. The van der Waals surface area contributed by atoms with Gasteiger partial charge in [0.25, 0.3) is 0 Å². The van der Waals surface area contributed by atoms with Crippen molar-refractivity contribution in [2.45, 2.75) is 37.8 Å². The molecular weight excluding hydrogens is 420 g/mol. The molecule has 1 unspecified atom stereocenters. The van der Waals surface area contributed by atoms with Gasteiger partial charge in [-0.25, -0.2) is 4.79 Å². The molecule has 0 bridgehead atoms. The van der Waals surface area contributed by atoms with Crippen molar-refractivity contribution in [3.05, 3.63) is 59.9 Å². The summed E-state index contributed by atoms with van der Waals surface area (Å²) in [6.45, 7) is 5.19. The number of benzene rings is 1. The van der Waals surface area contributed by atoms with Gasteiger partial charge in [-0.15, -0.1) is 0 Å². The van der Waals surface area contributed by atoms with E-state index in [1.54, 1.807) is 6.07 Å². The fraction of sp³-hybridized carbons (Fsp3) is 0.480. The number of piperidine rings is 2. The molecule has 8 heteroatoms. The van der Waals surface area contributed by atoms with Crippen molar-refractivity contribution in [3.63, 3.8) is 0 Å². The van der Waals surface area contributed by atoms with Crippen molar-refractivity contribution in [3.8, 4) is 0 Å². The smallest absolute Gasteiger partial charge is 0.331 e. The van der Waals surface area contributed by atoms with E-state index >= 15 is 0 Å². The number of aromatic nitrogens is 1. The molecule has 2 fully saturated rings. The zero-order valence-electron chi connectivity index (χ0n) is 18.9. The number of fused-ring (bicyclic) bond motifs is 1. The molecule has 1 aromatic heterocycles. The second-order valence-electron chi connectivity index (χ2n) is 9.30. The monoisotopic (exact) mass is 450 g/mol. The highest BCUT2D eigenvalue weighted by Crippen LogP contribution is 2.40. The molecule has 0 spiro atoms. The molecule has 3 aliphatic rings. The summed E-state index contributed by atoms with van der Waals surface area (Å²) < 4.78 is 11.0. The Hall–Kier alpha value is -2.97. The van der Waals surface area contributed by atoms with Gasteiger partial charge in [0.15, 0.2) is 5.82 Å².